The fourth-order valence-corrected chi connectivity index (χ4v) is 4.94. The molecule has 2 aliphatic rings. The van der Waals surface area contributed by atoms with Crippen LogP contribution in [-0.4, -0.2) is 44.2 Å². The first kappa shape index (κ1) is 22.8. The smallest absolute Gasteiger partial charge is 0.416 e. The van der Waals surface area contributed by atoms with Gasteiger partial charge in [-0.1, -0.05) is 6.07 Å². The molecule has 34 heavy (non-hydrogen) atoms. The number of halogens is 3. The van der Waals surface area contributed by atoms with Crippen LogP contribution < -0.4 is 15.3 Å². The van der Waals surface area contributed by atoms with Crippen molar-refractivity contribution in [3.63, 3.8) is 0 Å². The molecule has 0 unspecified atom stereocenters. The van der Waals surface area contributed by atoms with Crippen molar-refractivity contribution < 1.29 is 22.3 Å². The average Bonchev–Trinajstić information content (AvgIpc) is 3.33. The van der Waals surface area contributed by atoms with E-state index in [0.29, 0.717) is 36.7 Å². The van der Waals surface area contributed by atoms with Crippen molar-refractivity contribution in [1.82, 2.24) is 4.90 Å². The summed E-state index contributed by atoms with van der Waals surface area (Å²) in [6.45, 7) is 4.36. The summed E-state index contributed by atoms with van der Waals surface area (Å²) in [6.07, 6.45) is -0.797. The highest BCUT2D eigenvalue weighted by molar-refractivity contribution is 5.83. The van der Waals surface area contributed by atoms with E-state index in [-0.39, 0.29) is 5.63 Å². The lowest BCUT2D eigenvalue weighted by Gasteiger charge is -2.36. The normalized spacial score (nSPS) is 16.7. The Balaban J connectivity index is 1.10. The summed E-state index contributed by atoms with van der Waals surface area (Å²) in [5.41, 5.74) is 2.28. The number of hydrogen-bond acceptors (Lipinski definition) is 5. The van der Waals surface area contributed by atoms with Crippen LogP contribution in [0, 0.1) is 0 Å². The van der Waals surface area contributed by atoms with Crippen molar-refractivity contribution >= 4 is 16.7 Å². The zero-order chi connectivity index (χ0) is 23.7. The second-order valence-electron chi connectivity index (χ2n) is 8.94. The Morgan fingerprint density at radius 1 is 0.971 bits per heavy atom. The van der Waals surface area contributed by atoms with Gasteiger partial charge in [-0.05, 0) is 61.6 Å². The SMILES string of the molecule is O=c1oc2cc(OCCCN3CCN(c4cccc(C(F)(F)F)c4)CC3)ccc2c2c1CCC2. The molecular formula is C26H27F3N2O3. The molecule has 5 rings (SSSR count). The Morgan fingerprint density at radius 3 is 2.56 bits per heavy atom. The van der Waals surface area contributed by atoms with Crippen molar-refractivity contribution in [2.75, 3.05) is 44.2 Å². The number of piperazine rings is 1. The first-order chi connectivity index (χ1) is 16.4. The first-order valence-corrected chi connectivity index (χ1v) is 11.7. The third-order valence-corrected chi connectivity index (χ3v) is 6.74. The zero-order valence-electron chi connectivity index (χ0n) is 18.9. The van der Waals surface area contributed by atoms with Crippen molar-refractivity contribution in [2.24, 2.45) is 0 Å². The first-order valence-electron chi connectivity index (χ1n) is 11.7. The van der Waals surface area contributed by atoms with Crippen LogP contribution >= 0.6 is 0 Å². The van der Waals surface area contributed by atoms with Crippen LogP contribution in [0.5, 0.6) is 5.75 Å². The minimum absolute atomic E-state index is 0.235. The molecule has 180 valence electrons. The minimum Gasteiger partial charge on any atom is -0.493 e. The van der Waals surface area contributed by atoms with Gasteiger partial charge in [-0.25, -0.2) is 4.79 Å². The Kier molecular flexibility index (Phi) is 6.25. The third kappa shape index (κ3) is 4.78. The quantitative estimate of drug-likeness (QED) is 0.378. The van der Waals surface area contributed by atoms with Crippen LogP contribution in [-0.2, 0) is 19.0 Å². The van der Waals surface area contributed by atoms with Gasteiger partial charge < -0.3 is 14.1 Å². The number of aryl methyl sites for hydroxylation is 1. The molecule has 0 radical (unpaired) electrons. The molecule has 0 N–H and O–H groups in total. The summed E-state index contributed by atoms with van der Waals surface area (Å²) in [5, 5.41) is 0.998. The molecule has 3 aromatic rings. The van der Waals surface area contributed by atoms with Crippen molar-refractivity contribution in [2.45, 2.75) is 31.9 Å². The Morgan fingerprint density at radius 2 is 1.76 bits per heavy atom. The lowest BCUT2D eigenvalue weighted by molar-refractivity contribution is -0.137. The minimum atomic E-state index is -4.33. The second kappa shape index (κ2) is 9.33. The molecule has 5 nitrogen and oxygen atoms in total. The van der Waals surface area contributed by atoms with E-state index in [1.807, 2.05) is 17.0 Å². The number of hydrogen-bond donors (Lipinski definition) is 0. The molecule has 0 atom stereocenters. The number of anilines is 1. The molecule has 1 aliphatic heterocycles. The number of fused-ring (bicyclic) bond motifs is 3. The fraction of sp³-hybridized carbons (Fsp3) is 0.423. The summed E-state index contributed by atoms with van der Waals surface area (Å²) >= 11 is 0. The third-order valence-electron chi connectivity index (χ3n) is 6.74. The van der Waals surface area contributed by atoms with Crippen LogP contribution in [0.3, 0.4) is 0 Å². The summed E-state index contributed by atoms with van der Waals surface area (Å²) in [6, 6.07) is 11.2. The predicted molar refractivity (Wildman–Crippen MR) is 125 cm³/mol. The fourth-order valence-electron chi connectivity index (χ4n) is 4.94. The van der Waals surface area contributed by atoms with Crippen LogP contribution in [0.1, 0.15) is 29.5 Å². The molecule has 2 heterocycles. The van der Waals surface area contributed by atoms with E-state index >= 15 is 0 Å². The maximum atomic E-state index is 13.0. The van der Waals surface area contributed by atoms with Gasteiger partial charge in [0.1, 0.15) is 11.3 Å². The lowest BCUT2D eigenvalue weighted by atomic mass is 10.1. The molecule has 0 amide bonds. The number of nitrogens with zero attached hydrogens (tertiary/aromatic N) is 2. The van der Waals surface area contributed by atoms with Crippen LogP contribution in [0.4, 0.5) is 18.9 Å². The van der Waals surface area contributed by atoms with Gasteiger partial charge in [0.15, 0.2) is 0 Å². The lowest BCUT2D eigenvalue weighted by Crippen LogP contribution is -2.46. The van der Waals surface area contributed by atoms with Crippen LogP contribution in [0.25, 0.3) is 11.0 Å². The maximum absolute atomic E-state index is 13.0. The summed E-state index contributed by atoms with van der Waals surface area (Å²) < 4.78 is 50.3. The van der Waals surface area contributed by atoms with Gasteiger partial charge in [0.2, 0.25) is 0 Å². The van der Waals surface area contributed by atoms with Crippen LogP contribution in [0.15, 0.2) is 51.7 Å². The molecule has 1 saturated heterocycles. The van der Waals surface area contributed by atoms with Crippen molar-refractivity contribution in [3.05, 3.63) is 69.6 Å². The average molecular weight is 473 g/mol. The summed E-state index contributed by atoms with van der Waals surface area (Å²) in [5.74, 6) is 0.683. The van der Waals surface area contributed by atoms with Gasteiger partial charge in [0, 0.05) is 55.4 Å². The van der Waals surface area contributed by atoms with Crippen molar-refractivity contribution in [3.8, 4) is 5.75 Å². The standard InChI is InChI=1S/C26H27F3N2O3/c27-26(28,29)18-4-1-5-19(16-18)31-13-11-30(12-14-31)10-3-15-33-20-8-9-22-21-6-2-7-23(21)25(32)34-24(22)17-20/h1,4-5,8-9,16-17H,2-3,6-7,10-15H2. The highest BCUT2D eigenvalue weighted by atomic mass is 19.4. The van der Waals surface area contributed by atoms with Gasteiger partial charge in [-0.2, -0.15) is 13.2 Å². The van der Waals surface area contributed by atoms with Crippen LogP contribution in [0.2, 0.25) is 0 Å². The molecular weight excluding hydrogens is 445 g/mol. The molecule has 1 aliphatic carbocycles. The van der Waals surface area contributed by atoms with Gasteiger partial charge in [0.25, 0.3) is 0 Å². The van der Waals surface area contributed by atoms with E-state index in [1.54, 1.807) is 12.1 Å². The van der Waals surface area contributed by atoms with E-state index in [1.165, 1.54) is 12.1 Å². The molecule has 1 fully saturated rings. The molecule has 8 heteroatoms. The van der Waals surface area contributed by atoms with E-state index in [0.717, 1.165) is 67.9 Å². The largest absolute Gasteiger partial charge is 0.493 e. The Labute approximate surface area is 195 Å². The molecule has 1 aromatic heterocycles. The number of benzene rings is 2. The number of rotatable bonds is 6. The summed E-state index contributed by atoms with van der Waals surface area (Å²) in [4.78, 5) is 16.5. The second-order valence-corrected chi connectivity index (χ2v) is 8.94. The molecule has 0 saturated carbocycles. The van der Waals surface area contributed by atoms with Gasteiger partial charge in [-0.3, -0.25) is 4.90 Å². The highest BCUT2D eigenvalue weighted by Gasteiger charge is 2.31. The number of alkyl halides is 3. The maximum Gasteiger partial charge on any atom is 0.416 e. The van der Waals surface area contributed by atoms with Gasteiger partial charge in [-0.15, -0.1) is 0 Å². The Hall–Kier alpha value is -3.00. The Bertz CT molecular complexity index is 1230. The summed E-state index contributed by atoms with van der Waals surface area (Å²) in [7, 11) is 0. The zero-order valence-corrected chi connectivity index (χ0v) is 18.9. The topological polar surface area (TPSA) is 45.9 Å². The van der Waals surface area contributed by atoms with Gasteiger partial charge >= 0.3 is 11.8 Å². The van der Waals surface area contributed by atoms with E-state index < -0.39 is 11.7 Å². The van der Waals surface area contributed by atoms with Crippen molar-refractivity contribution in [1.29, 1.82) is 0 Å². The van der Waals surface area contributed by atoms with E-state index in [2.05, 4.69) is 4.90 Å². The highest BCUT2D eigenvalue weighted by Crippen LogP contribution is 2.32. The predicted octanol–water partition coefficient (Wildman–Crippen LogP) is 4.89. The molecule has 0 bridgehead atoms. The van der Waals surface area contributed by atoms with E-state index in [4.69, 9.17) is 9.15 Å². The van der Waals surface area contributed by atoms with E-state index in [9.17, 15) is 18.0 Å². The molecule has 2 aromatic carbocycles. The monoisotopic (exact) mass is 472 g/mol. The van der Waals surface area contributed by atoms with Gasteiger partial charge in [0.05, 0.1) is 12.2 Å². The number of ether oxygens (including phenoxy) is 1. The molecule has 0 spiro atoms.